The van der Waals surface area contributed by atoms with Crippen molar-refractivity contribution in [3.63, 3.8) is 0 Å². The van der Waals surface area contributed by atoms with Crippen LogP contribution in [0.2, 0.25) is 0 Å². The fourth-order valence-corrected chi connectivity index (χ4v) is 3.40. The molecule has 2 heterocycles. The number of aryl methyl sites for hydroxylation is 1. The Kier molecular flexibility index (Phi) is 8.82. The van der Waals surface area contributed by atoms with Crippen molar-refractivity contribution < 1.29 is 0 Å². The van der Waals surface area contributed by atoms with E-state index in [1.165, 1.54) is 5.56 Å². The number of pyridine rings is 1. The molecule has 1 aliphatic heterocycles. The molecule has 1 aromatic heterocycles. The second kappa shape index (κ2) is 10.8. The third-order valence-corrected chi connectivity index (χ3v) is 5.16. The zero-order chi connectivity index (χ0) is 18.4. The van der Waals surface area contributed by atoms with E-state index in [9.17, 15) is 0 Å². The highest BCUT2D eigenvalue weighted by Crippen LogP contribution is 2.18. The Morgan fingerprint density at radius 1 is 1.19 bits per heavy atom. The summed E-state index contributed by atoms with van der Waals surface area (Å²) in [6, 6.07) is 15.0. The van der Waals surface area contributed by atoms with E-state index in [1.54, 1.807) is 0 Å². The summed E-state index contributed by atoms with van der Waals surface area (Å²) in [4.78, 5) is 11.4. The lowest BCUT2D eigenvalue weighted by atomic mass is 10.1. The van der Waals surface area contributed by atoms with Gasteiger partial charge >= 0.3 is 0 Å². The van der Waals surface area contributed by atoms with Crippen LogP contribution in [0.1, 0.15) is 24.1 Å². The smallest absolute Gasteiger partial charge is 0.191 e. The molecule has 1 fully saturated rings. The van der Waals surface area contributed by atoms with Gasteiger partial charge < -0.3 is 15.5 Å². The van der Waals surface area contributed by atoms with Gasteiger partial charge in [-0.15, -0.1) is 24.0 Å². The average molecular weight is 544 g/mol. The Bertz CT molecular complexity index is 742. The van der Waals surface area contributed by atoms with E-state index in [-0.39, 0.29) is 24.0 Å². The Balaban J connectivity index is 0.00000261. The number of hydrogen-bond acceptors (Lipinski definition) is 3. The van der Waals surface area contributed by atoms with E-state index >= 15 is 0 Å². The van der Waals surface area contributed by atoms with Gasteiger partial charge in [-0.1, -0.05) is 34.1 Å². The van der Waals surface area contributed by atoms with Gasteiger partial charge in [0.1, 0.15) is 5.82 Å². The van der Waals surface area contributed by atoms with Crippen LogP contribution in [0.25, 0.3) is 0 Å². The monoisotopic (exact) mass is 543 g/mol. The van der Waals surface area contributed by atoms with Crippen LogP contribution in [-0.2, 0) is 6.54 Å². The zero-order valence-corrected chi connectivity index (χ0v) is 19.7. The van der Waals surface area contributed by atoms with Gasteiger partial charge in [0.25, 0.3) is 0 Å². The molecular weight excluding hydrogens is 517 g/mol. The molecular formula is C20H27BrIN5. The number of piperidine rings is 1. The quantitative estimate of drug-likeness (QED) is 0.346. The molecule has 146 valence electrons. The summed E-state index contributed by atoms with van der Waals surface area (Å²) >= 11 is 3.47. The maximum Gasteiger partial charge on any atom is 0.191 e. The number of guanidine groups is 1. The molecule has 0 bridgehead atoms. The Labute approximate surface area is 187 Å². The van der Waals surface area contributed by atoms with Crippen molar-refractivity contribution in [2.75, 3.05) is 25.0 Å². The van der Waals surface area contributed by atoms with Gasteiger partial charge in [0, 0.05) is 42.9 Å². The number of anilines is 1. The van der Waals surface area contributed by atoms with Crippen molar-refractivity contribution in [1.29, 1.82) is 0 Å². The van der Waals surface area contributed by atoms with Crippen LogP contribution >= 0.6 is 39.9 Å². The predicted octanol–water partition coefficient (Wildman–Crippen LogP) is 4.10. The molecule has 5 nitrogen and oxygen atoms in total. The molecule has 0 amide bonds. The van der Waals surface area contributed by atoms with Crippen molar-refractivity contribution in [2.24, 2.45) is 4.99 Å². The number of rotatable bonds is 4. The molecule has 3 rings (SSSR count). The Morgan fingerprint density at radius 2 is 1.89 bits per heavy atom. The number of aliphatic imine (C=N–C) groups is 1. The number of hydrogen-bond donors (Lipinski definition) is 2. The van der Waals surface area contributed by atoms with Gasteiger partial charge in [-0.2, -0.15) is 0 Å². The summed E-state index contributed by atoms with van der Waals surface area (Å²) in [5.74, 6) is 1.95. The lowest BCUT2D eigenvalue weighted by molar-refractivity contribution is 0.459. The second-order valence-corrected chi connectivity index (χ2v) is 7.51. The van der Waals surface area contributed by atoms with Gasteiger partial charge in [-0.05, 0) is 49.6 Å². The van der Waals surface area contributed by atoms with Gasteiger partial charge in [-0.25, -0.2) is 4.98 Å². The van der Waals surface area contributed by atoms with Gasteiger partial charge in [0.15, 0.2) is 5.96 Å². The first-order valence-corrected chi connectivity index (χ1v) is 9.83. The lowest BCUT2D eigenvalue weighted by Gasteiger charge is -2.34. The largest absolute Gasteiger partial charge is 0.356 e. The van der Waals surface area contributed by atoms with Gasteiger partial charge in [0.05, 0.1) is 0 Å². The van der Waals surface area contributed by atoms with Crippen molar-refractivity contribution in [1.82, 2.24) is 15.6 Å². The molecule has 2 N–H and O–H groups in total. The molecule has 0 atom stereocenters. The normalized spacial score (nSPS) is 15.2. The third-order valence-electron chi connectivity index (χ3n) is 4.63. The maximum atomic E-state index is 4.63. The molecule has 0 radical (unpaired) electrons. The molecule has 0 unspecified atom stereocenters. The van der Waals surface area contributed by atoms with Crippen LogP contribution in [0.5, 0.6) is 0 Å². The fourth-order valence-electron chi connectivity index (χ4n) is 3.13. The number of nitrogens with one attached hydrogen (secondary N) is 2. The van der Waals surface area contributed by atoms with Crippen molar-refractivity contribution in [3.05, 3.63) is 58.2 Å². The van der Waals surface area contributed by atoms with Crippen LogP contribution in [0.3, 0.4) is 0 Å². The first-order chi connectivity index (χ1) is 12.6. The van der Waals surface area contributed by atoms with E-state index in [2.05, 4.69) is 77.8 Å². The second-order valence-electron chi connectivity index (χ2n) is 6.60. The maximum absolute atomic E-state index is 4.63. The van der Waals surface area contributed by atoms with Crippen LogP contribution in [0, 0.1) is 6.92 Å². The highest BCUT2D eigenvalue weighted by molar-refractivity contribution is 14.0. The summed E-state index contributed by atoms with van der Waals surface area (Å²) in [5.41, 5.74) is 2.30. The number of benzene rings is 1. The highest BCUT2D eigenvalue weighted by atomic mass is 127. The first-order valence-electron chi connectivity index (χ1n) is 9.04. The lowest BCUT2D eigenvalue weighted by Crippen LogP contribution is -2.48. The minimum atomic E-state index is 0. The van der Waals surface area contributed by atoms with Crippen molar-refractivity contribution in [3.8, 4) is 0 Å². The average Bonchev–Trinajstić information content (AvgIpc) is 2.67. The van der Waals surface area contributed by atoms with E-state index in [4.69, 9.17) is 0 Å². The standard InChI is InChI=1S/C20H26BrN5.HI/c1-15-4-3-5-19(24-15)26-12-10-18(11-13-26)25-20(22-2)23-14-16-6-8-17(21)9-7-16;/h3-9,18H,10-14H2,1-2H3,(H2,22,23,25);1H. The zero-order valence-electron chi connectivity index (χ0n) is 15.8. The molecule has 1 aliphatic rings. The molecule has 0 spiro atoms. The van der Waals surface area contributed by atoms with Gasteiger partial charge in [0.2, 0.25) is 0 Å². The SMILES string of the molecule is CN=C(NCc1ccc(Br)cc1)NC1CCN(c2cccc(C)n2)CC1.I. The van der Waals surface area contributed by atoms with E-state index in [0.717, 1.165) is 54.4 Å². The van der Waals surface area contributed by atoms with Crippen LogP contribution < -0.4 is 15.5 Å². The van der Waals surface area contributed by atoms with E-state index < -0.39 is 0 Å². The minimum absolute atomic E-state index is 0. The summed E-state index contributed by atoms with van der Waals surface area (Å²) in [7, 11) is 1.82. The van der Waals surface area contributed by atoms with Crippen LogP contribution in [0.15, 0.2) is 51.9 Å². The first kappa shape index (κ1) is 21.9. The summed E-state index contributed by atoms with van der Waals surface area (Å²) < 4.78 is 1.10. The van der Waals surface area contributed by atoms with Crippen molar-refractivity contribution in [2.45, 2.75) is 32.4 Å². The molecule has 1 saturated heterocycles. The Hall–Kier alpha value is -1.35. The summed E-state index contributed by atoms with van der Waals surface area (Å²) in [6.07, 6.45) is 2.16. The topological polar surface area (TPSA) is 52.6 Å². The highest BCUT2D eigenvalue weighted by Gasteiger charge is 2.20. The fraction of sp³-hybridized carbons (Fsp3) is 0.400. The molecule has 0 aliphatic carbocycles. The number of nitrogens with zero attached hydrogens (tertiary/aromatic N) is 3. The molecule has 1 aromatic carbocycles. The molecule has 2 aromatic rings. The third kappa shape index (κ3) is 6.64. The van der Waals surface area contributed by atoms with E-state index in [0.29, 0.717) is 6.04 Å². The number of halogens is 2. The predicted molar refractivity (Wildman–Crippen MR) is 127 cm³/mol. The summed E-state index contributed by atoms with van der Waals surface area (Å²) in [6.45, 7) is 4.83. The summed E-state index contributed by atoms with van der Waals surface area (Å²) in [5, 5.41) is 6.95. The van der Waals surface area contributed by atoms with E-state index in [1.807, 2.05) is 20.0 Å². The number of aromatic nitrogens is 1. The molecule has 0 saturated carbocycles. The molecule has 27 heavy (non-hydrogen) atoms. The minimum Gasteiger partial charge on any atom is -0.356 e. The van der Waals surface area contributed by atoms with Crippen molar-refractivity contribution >= 4 is 51.7 Å². The van der Waals surface area contributed by atoms with Gasteiger partial charge in [-0.3, -0.25) is 4.99 Å². The Morgan fingerprint density at radius 3 is 2.52 bits per heavy atom. The van der Waals surface area contributed by atoms with Crippen LogP contribution in [0.4, 0.5) is 5.82 Å². The molecule has 7 heteroatoms. The van der Waals surface area contributed by atoms with Crippen LogP contribution in [-0.4, -0.2) is 37.1 Å².